The van der Waals surface area contributed by atoms with Crippen molar-refractivity contribution < 1.29 is 4.79 Å². The molecule has 5 nitrogen and oxygen atoms in total. The van der Waals surface area contributed by atoms with E-state index in [1.54, 1.807) is 11.3 Å². The van der Waals surface area contributed by atoms with Gasteiger partial charge in [-0.25, -0.2) is 4.98 Å². The van der Waals surface area contributed by atoms with Crippen LogP contribution in [-0.4, -0.2) is 28.2 Å². The van der Waals surface area contributed by atoms with E-state index in [-0.39, 0.29) is 16.7 Å². The average Bonchev–Trinajstić information content (AvgIpc) is 3.29. The highest BCUT2D eigenvalue weighted by Crippen LogP contribution is 2.34. The van der Waals surface area contributed by atoms with Crippen LogP contribution in [-0.2, 0) is 4.79 Å². The van der Waals surface area contributed by atoms with Crippen LogP contribution in [0.4, 0.5) is 0 Å². The van der Waals surface area contributed by atoms with Crippen LogP contribution in [0.3, 0.4) is 0 Å². The van der Waals surface area contributed by atoms with E-state index >= 15 is 0 Å². The predicted octanol–water partition coefficient (Wildman–Crippen LogP) is 4.42. The number of thioether (sulfide) groups is 1. The van der Waals surface area contributed by atoms with Crippen molar-refractivity contribution in [2.75, 3.05) is 12.3 Å². The molecule has 3 aromatic rings. The molecule has 2 N–H and O–H groups in total. The lowest BCUT2D eigenvalue weighted by Crippen LogP contribution is -2.26. The fourth-order valence-corrected chi connectivity index (χ4v) is 5.05. The fraction of sp³-hybridized carbons (Fsp3) is 0.389. The Kier molecular flexibility index (Phi) is 6.50. The Morgan fingerprint density at radius 1 is 1.42 bits per heavy atom. The minimum atomic E-state index is -0.116. The maximum atomic E-state index is 12.6. The van der Waals surface area contributed by atoms with Gasteiger partial charge in [0.05, 0.1) is 16.4 Å². The van der Waals surface area contributed by atoms with Gasteiger partial charge in [0.15, 0.2) is 0 Å². The smallest absolute Gasteiger partial charge is 0.260 e. The molecule has 1 atom stereocenters. The number of unbranched alkanes of at least 4 members (excludes halogenated alkanes) is 1. The van der Waals surface area contributed by atoms with Crippen molar-refractivity contribution in [3.63, 3.8) is 0 Å². The molecule has 26 heavy (non-hydrogen) atoms. The summed E-state index contributed by atoms with van der Waals surface area (Å²) in [4.78, 5) is 33.8. The molecule has 0 saturated heterocycles. The number of carbonyl (C=O) groups is 1. The summed E-state index contributed by atoms with van der Waals surface area (Å²) in [7, 11) is 0. The van der Waals surface area contributed by atoms with E-state index in [4.69, 9.17) is 0 Å². The van der Waals surface area contributed by atoms with E-state index in [0.717, 1.165) is 28.1 Å². The second kappa shape index (κ2) is 8.83. The number of rotatable bonds is 8. The maximum absolute atomic E-state index is 12.6. The van der Waals surface area contributed by atoms with Crippen molar-refractivity contribution in [1.29, 1.82) is 0 Å². The molecule has 0 aromatic carbocycles. The third-order valence-electron chi connectivity index (χ3n) is 3.95. The van der Waals surface area contributed by atoms with E-state index in [0.29, 0.717) is 23.5 Å². The van der Waals surface area contributed by atoms with E-state index in [2.05, 4.69) is 22.2 Å². The number of nitrogens with zero attached hydrogens (tertiary/aromatic N) is 1. The van der Waals surface area contributed by atoms with E-state index < -0.39 is 0 Å². The molecule has 0 aliphatic rings. The summed E-state index contributed by atoms with van der Waals surface area (Å²) >= 11 is 4.57. The Bertz CT molecular complexity index is 931. The Morgan fingerprint density at radius 2 is 2.27 bits per heavy atom. The summed E-state index contributed by atoms with van der Waals surface area (Å²) < 4.78 is 0. The van der Waals surface area contributed by atoms with Crippen molar-refractivity contribution in [2.45, 2.75) is 31.9 Å². The standard InChI is InChI=1S/C18H21N3O2S3/c1-3-4-7-19-14(22)10-25-11(2)16-20-17(23)15-12(9-26-18(15)21-16)13-6-5-8-24-13/h5-6,8-9,11H,3-4,7,10H2,1-2H3,(H,19,22)(H,20,21,23)/t11-/m1/s1. The Balaban J connectivity index is 1.73. The highest BCUT2D eigenvalue weighted by molar-refractivity contribution is 8.00. The van der Waals surface area contributed by atoms with E-state index in [1.165, 1.54) is 23.1 Å². The number of H-pyrrole nitrogens is 1. The van der Waals surface area contributed by atoms with Gasteiger partial charge in [0, 0.05) is 22.4 Å². The molecule has 3 rings (SSSR count). The topological polar surface area (TPSA) is 74.8 Å². The number of nitrogens with one attached hydrogen (secondary N) is 2. The molecule has 1 amide bonds. The first-order valence-electron chi connectivity index (χ1n) is 8.53. The molecule has 0 aliphatic heterocycles. The Morgan fingerprint density at radius 3 is 3.00 bits per heavy atom. The molecule has 0 unspecified atom stereocenters. The van der Waals surface area contributed by atoms with Crippen LogP contribution in [0.5, 0.6) is 0 Å². The molecule has 0 fully saturated rings. The van der Waals surface area contributed by atoms with E-state index in [9.17, 15) is 9.59 Å². The van der Waals surface area contributed by atoms with Crippen LogP contribution in [0.1, 0.15) is 37.8 Å². The minimum absolute atomic E-state index is 0.0230. The highest BCUT2D eigenvalue weighted by Gasteiger charge is 2.17. The number of fused-ring (bicyclic) bond motifs is 1. The zero-order valence-corrected chi connectivity index (χ0v) is 17.2. The second-order valence-electron chi connectivity index (χ2n) is 5.91. The molecule has 3 heterocycles. The summed E-state index contributed by atoms with van der Waals surface area (Å²) in [5.74, 6) is 1.00. The Hall–Kier alpha value is -1.64. The zero-order chi connectivity index (χ0) is 18.5. The normalized spacial score (nSPS) is 12.4. The first-order chi connectivity index (χ1) is 12.6. The third kappa shape index (κ3) is 4.36. The number of hydrogen-bond donors (Lipinski definition) is 2. The lowest BCUT2D eigenvalue weighted by atomic mass is 10.2. The number of thiophene rings is 2. The summed E-state index contributed by atoms with van der Waals surface area (Å²) in [5, 5.41) is 7.48. The number of amides is 1. The highest BCUT2D eigenvalue weighted by atomic mass is 32.2. The average molecular weight is 408 g/mol. The van der Waals surface area contributed by atoms with Crippen molar-refractivity contribution >= 4 is 50.6 Å². The molecule has 0 radical (unpaired) electrons. The van der Waals surface area contributed by atoms with Crippen molar-refractivity contribution in [2.24, 2.45) is 0 Å². The van der Waals surface area contributed by atoms with Crippen LogP contribution >= 0.6 is 34.4 Å². The van der Waals surface area contributed by atoms with Crippen LogP contribution in [0, 0.1) is 0 Å². The maximum Gasteiger partial charge on any atom is 0.260 e. The summed E-state index contributed by atoms with van der Waals surface area (Å²) in [6, 6.07) is 3.99. The summed E-state index contributed by atoms with van der Waals surface area (Å²) in [6.07, 6.45) is 2.05. The number of hydrogen-bond acceptors (Lipinski definition) is 6. The van der Waals surface area contributed by atoms with Crippen LogP contribution in [0.2, 0.25) is 0 Å². The van der Waals surface area contributed by atoms with Gasteiger partial charge in [-0.3, -0.25) is 9.59 Å². The lowest BCUT2D eigenvalue weighted by Gasteiger charge is -2.11. The van der Waals surface area contributed by atoms with Crippen LogP contribution in [0.15, 0.2) is 27.7 Å². The van der Waals surface area contributed by atoms with Gasteiger partial charge in [0.25, 0.3) is 5.56 Å². The Labute approximate surface area is 164 Å². The first-order valence-corrected chi connectivity index (χ1v) is 11.3. The molecule has 0 aliphatic carbocycles. The van der Waals surface area contributed by atoms with E-state index in [1.807, 2.05) is 29.8 Å². The summed E-state index contributed by atoms with van der Waals surface area (Å²) in [6.45, 7) is 4.77. The quantitative estimate of drug-likeness (QED) is 0.542. The van der Waals surface area contributed by atoms with Gasteiger partial charge >= 0.3 is 0 Å². The molecular formula is C18H21N3O2S3. The number of carbonyl (C=O) groups excluding carboxylic acids is 1. The number of aromatic amines is 1. The van der Waals surface area contributed by atoms with Gasteiger partial charge in [-0.05, 0) is 24.8 Å². The molecule has 0 spiro atoms. The molecule has 0 saturated carbocycles. The predicted molar refractivity (Wildman–Crippen MR) is 112 cm³/mol. The molecular weight excluding hydrogens is 386 g/mol. The third-order valence-corrected chi connectivity index (χ3v) is 6.88. The summed E-state index contributed by atoms with van der Waals surface area (Å²) in [5.41, 5.74) is 0.824. The molecule has 138 valence electrons. The van der Waals surface area contributed by atoms with Crippen molar-refractivity contribution in [3.05, 3.63) is 39.1 Å². The largest absolute Gasteiger partial charge is 0.355 e. The van der Waals surface area contributed by atoms with Crippen molar-refractivity contribution in [3.8, 4) is 10.4 Å². The zero-order valence-electron chi connectivity index (χ0n) is 14.7. The van der Waals surface area contributed by atoms with Gasteiger partial charge in [-0.2, -0.15) is 0 Å². The lowest BCUT2D eigenvalue weighted by molar-refractivity contribution is -0.118. The fourth-order valence-electron chi connectivity index (χ4n) is 2.51. The monoisotopic (exact) mass is 407 g/mol. The van der Waals surface area contributed by atoms with Gasteiger partial charge in [-0.1, -0.05) is 19.4 Å². The number of aromatic nitrogens is 2. The van der Waals surface area contributed by atoms with Crippen LogP contribution < -0.4 is 10.9 Å². The first kappa shape index (κ1) is 19.1. The minimum Gasteiger partial charge on any atom is -0.355 e. The van der Waals surface area contributed by atoms with Crippen LogP contribution in [0.25, 0.3) is 20.7 Å². The second-order valence-corrected chi connectivity index (χ2v) is 9.05. The van der Waals surface area contributed by atoms with Gasteiger partial charge in [0.2, 0.25) is 5.91 Å². The van der Waals surface area contributed by atoms with Gasteiger partial charge in [-0.15, -0.1) is 34.4 Å². The molecule has 3 aromatic heterocycles. The van der Waals surface area contributed by atoms with Gasteiger partial charge in [0.1, 0.15) is 10.7 Å². The molecule has 0 bridgehead atoms. The molecule has 8 heteroatoms. The van der Waals surface area contributed by atoms with Gasteiger partial charge < -0.3 is 10.3 Å². The SMILES string of the molecule is CCCCNC(=O)CS[C@H](C)c1nc2scc(-c3cccs3)c2c(=O)[nH]1. The van der Waals surface area contributed by atoms with Crippen molar-refractivity contribution in [1.82, 2.24) is 15.3 Å².